The number of fused-ring (bicyclic) bond motifs is 1. The summed E-state index contributed by atoms with van der Waals surface area (Å²) in [6.45, 7) is 4.83. The number of amides is 1. The maximum Gasteiger partial charge on any atom is 0.349 e. The number of carbonyl (C=O) groups is 1. The van der Waals surface area contributed by atoms with E-state index in [1.165, 1.54) is 0 Å². The molecule has 20 heavy (non-hydrogen) atoms. The predicted octanol–water partition coefficient (Wildman–Crippen LogP) is 2.28. The van der Waals surface area contributed by atoms with Crippen molar-refractivity contribution in [2.24, 2.45) is 0 Å². The summed E-state index contributed by atoms with van der Waals surface area (Å²) in [6, 6.07) is 6.65. The van der Waals surface area contributed by atoms with Gasteiger partial charge in [-0.1, -0.05) is 0 Å². The van der Waals surface area contributed by atoms with Crippen molar-refractivity contribution in [3.63, 3.8) is 0 Å². The fraction of sp³-hybridized carbons (Fsp3) is 0.333. The summed E-state index contributed by atoms with van der Waals surface area (Å²) in [5.74, 6) is 0.334. The third-order valence-electron chi connectivity index (χ3n) is 3.22. The molecule has 1 heterocycles. The minimum atomic E-state index is -0.612. The van der Waals surface area contributed by atoms with E-state index in [4.69, 9.17) is 9.15 Å². The lowest BCUT2D eigenvalue weighted by Gasteiger charge is -2.17. The van der Waals surface area contributed by atoms with Crippen LogP contribution in [0.3, 0.4) is 0 Å². The standard InChI is InChI=1S/C15H17NO4/c1-4-16(5-2)14(17)12-9-10-8-11(19-3)6-7-13(10)20-15(12)18/h6-9H,4-5H2,1-3H3. The highest BCUT2D eigenvalue weighted by Crippen LogP contribution is 2.20. The second kappa shape index (κ2) is 5.77. The average Bonchev–Trinajstić information content (AvgIpc) is 2.47. The number of hydrogen-bond donors (Lipinski definition) is 0. The van der Waals surface area contributed by atoms with Crippen molar-refractivity contribution < 1.29 is 13.9 Å². The number of carbonyl (C=O) groups excluding carboxylic acids is 1. The van der Waals surface area contributed by atoms with Crippen LogP contribution in [0.5, 0.6) is 5.75 Å². The van der Waals surface area contributed by atoms with Crippen molar-refractivity contribution in [2.45, 2.75) is 13.8 Å². The number of ether oxygens (including phenoxy) is 1. The van der Waals surface area contributed by atoms with E-state index >= 15 is 0 Å². The summed E-state index contributed by atoms with van der Waals surface area (Å²) in [7, 11) is 1.56. The summed E-state index contributed by atoms with van der Waals surface area (Å²) in [5, 5.41) is 0.666. The largest absolute Gasteiger partial charge is 0.497 e. The first-order chi connectivity index (χ1) is 9.60. The van der Waals surface area contributed by atoms with Crippen LogP contribution in [-0.2, 0) is 0 Å². The summed E-state index contributed by atoms with van der Waals surface area (Å²) in [4.78, 5) is 25.8. The highest BCUT2D eigenvalue weighted by Gasteiger charge is 2.18. The molecule has 0 aliphatic carbocycles. The monoisotopic (exact) mass is 275 g/mol. The molecule has 0 spiro atoms. The van der Waals surface area contributed by atoms with Gasteiger partial charge in [-0.25, -0.2) is 4.79 Å². The first-order valence-electron chi connectivity index (χ1n) is 6.51. The second-order valence-corrected chi connectivity index (χ2v) is 4.33. The molecule has 0 bridgehead atoms. The molecule has 0 aliphatic heterocycles. The van der Waals surface area contributed by atoms with Crippen LogP contribution in [-0.4, -0.2) is 31.0 Å². The van der Waals surface area contributed by atoms with Crippen LogP contribution in [0.25, 0.3) is 11.0 Å². The Bertz CT molecular complexity index is 686. The number of rotatable bonds is 4. The van der Waals surface area contributed by atoms with E-state index < -0.39 is 5.63 Å². The quantitative estimate of drug-likeness (QED) is 0.803. The van der Waals surface area contributed by atoms with Crippen LogP contribution >= 0.6 is 0 Å². The zero-order chi connectivity index (χ0) is 14.7. The summed E-state index contributed by atoms with van der Waals surface area (Å²) in [5.41, 5.74) is -0.124. The molecule has 1 aromatic carbocycles. The third-order valence-corrected chi connectivity index (χ3v) is 3.22. The maximum absolute atomic E-state index is 12.3. The summed E-state index contributed by atoms with van der Waals surface area (Å²) >= 11 is 0. The Hall–Kier alpha value is -2.30. The molecule has 0 saturated carbocycles. The Morgan fingerprint density at radius 2 is 1.95 bits per heavy atom. The van der Waals surface area contributed by atoms with Crippen molar-refractivity contribution in [3.8, 4) is 5.75 Å². The SMILES string of the molecule is CCN(CC)C(=O)c1cc2cc(OC)ccc2oc1=O. The molecule has 0 radical (unpaired) electrons. The molecule has 0 aliphatic rings. The van der Waals surface area contributed by atoms with Crippen molar-refractivity contribution in [3.05, 3.63) is 40.2 Å². The first kappa shape index (κ1) is 14.1. The van der Waals surface area contributed by atoms with Gasteiger partial charge >= 0.3 is 5.63 Å². The molecule has 2 aromatic rings. The second-order valence-electron chi connectivity index (χ2n) is 4.33. The molecule has 0 unspecified atom stereocenters. The molecule has 1 amide bonds. The number of benzene rings is 1. The van der Waals surface area contributed by atoms with Crippen LogP contribution in [0, 0.1) is 0 Å². The van der Waals surface area contributed by atoms with Gasteiger partial charge in [-0.15, -0.1) is 0 Å². The van der Waals surface area contributed by atoms with E-state index in [1.54, 1.807) is 36.3 Å². The van der Waals surface area contributed by atoms with Crippen LogP contribution < -0.4 is 10.4 Å². The van der Waals surface area contributed by atoms with Gasteiger partial charge in [-0.2, -0.15) is 0 Å². The third kappa shape index (κ3) is 2.52. The fourth-order valence-corrected chi connectivity index (χ4v) is 2.06. The molecule has 2 rings (SSSR count). The number of methoxy groups -OCH3 is 1. The Labute approximate surface area is 116 Å². The van der Waals surface area contributed by atoms with E-state index in [-0.39, 0.29) is 11.5 Å². The van der Waals surface area contributed by atoms with Crippen LogP contribution in [0.2, 0.25) is 0 Å². The van der Waals surface area contributed by atoms with Gasteiger partial charge in [0.25, 0.3) is 5.91 Å². The lowest BCUT2D eigenvalue weighted by atomic mass is 10.1. The highest BCUT2D eigenvalue weighted by molar-refractivity contribution is 5.96. The Morgan fingerprint density at radius 3 is 2.55 bits per heavy atom. The van der Waals surface area contributed by atoms with Crippen LogP contribution in [0.4, 0.5) is 0 Å². The van der Waals surface area contributed by atoms with E-state index in [2.05, 4.69) is 0 Å². The lowest BCUT2D eigenvalue weighted by Crippen LogP contribution is -2.33. The highest BCUT2D eigenvalue weighted by atomic mass is 16.5. The molecule has 1 aromatic heterocycles. The molecule has 0 saturated heterocycles. The Morgan fingerprint density at radius 1 is 1.25 bits per heavy atom. The molecular weight excluding hydrogens is 258 g/mol. The molecule has 0 atom stereocenters. The van der Waals surface area contributed by atoms with Gasteiger partial charge in [0.15, 0.2) is 0 Å². The molecule has 0 fully saturated rings. The van der Waals surface area contributed by atoms with E-state index in [9.17, 15) is 9.59 Å². The van der Waals surface area contributed by atoms with Gasteiger partial charge in [-0.3, -0.25) is 4.79 Å². The molecule has 5 nitrogen and oxygen atoms in total. The fourth-order valence-electron chi connectivity index (χ4n) is 2.06. The Kier molecular flexibility index (Phi) is 4.08. The van der Waals surface area contributed by atoms with Crippen LogP contribution in [0.15, 0.2) is 33.5 Å². The average molecular weight is 275 g/mol. The van der Waals surface area contributed by atoms with Crippen molar-refractivity contribution in [2.75, 3.05) is 20.2 Å². The van der Waals surface area contributed by atoms with Gasteiger partial charge in [-0.05, 0) is 38.1 Å². The van der Waals surface area contributed by atoms with Crippen LogP contribution in [0.1, 0.15) is 24.2 Å². The van der Waals surface area contributed by atoms with Gasteiger partial charge in [0.1, 0.15) is 16.9 Å². The predicted molar refractivity (Wildman–Crippen MR) is 76.3 cm³/mol. The Balaban J connectivity index is 2.56. The van der Waals surface area contributed by atoms with E-state index in [1.807, 2.05) is 13.8 Å². The minimum Gasteiger partial charge on any atom is -0.497 e. The molecule has 5 heteroatoms. The first-order valence-corrected chi connectivity index (χ1v) is 6.51. The van der Waals surface area contributed by atoms with E-state index in [0.29, 0.717) is 29.8 Å². The zero-order valence-corrected chi connectivity index (χ0v) is 11.8. The topological polar surface area (TPSA) is 59.8 Å². The van der Waals surface area contributed by atoms with Gasteiger partial charge in [0, 0.05) is 18.5 Å². The molecule has 0 N–H and O–H groups in total. The number of nitrogens with zero attached hydrogens (tertiary/aromatic N) is 1. The molecule has 106 valence electrons. The van der Waals surface area contributed by atoms with Gasteiger partial charge in [0.2, 0.25) is 0 Å². The summed E-state index contributed by atoms with van der Waals surface area (Å²) < 4.78 is 10.3. The van der Waals surface area contributed by atoms with Gasteiger partial charge in [0.05, 0.1) is 7.11 Å². The van der Waals surface area contributed by atoms with Crippen molar-refractivity contribution in [1.29, 1.82) is 0 Å². The van der Waals surface area contributed by atoms with Crippen molar-refractivity contribution >= 4 is 16.9 Å². The maximum atomic E-state index is 12.3. The minimum absolute atomic E-state index is 0.0504. The smallest absolute Gasteiger partial charge is 0.349 e. The van der Waals surface area contributed by atoms with Crippen molar-refractivity contribution in [1.82, 2.24) is 4.90 Å². The van der Waals surface area contributed by atoms with Gasteiger partial charge < -0.3 is 14.1 Å². The lowest BCUT2D eigenvalue weighted by molar-refractivity contribution is 0.0769. The molecular formula is C15H17NO4. The van der Waals surface area contributed by atoms with E-state index in [0.717, 1.165) is 0 Å². The zero-order valence-electron chi connectivity index (χ0n) is 11.8. The summed E-state index contributed by atoms with van der Waals surface area (Å²) in [6.07, 6.45) is 0. The number of hydrogen-bond acceptors (Lipinski definition) is 4. The normalized spacial score (nSPS) is 10.6.